The number of nitrogens with two attached hydrogens (primary N) is 1. The summed E-state index contributed by atoms with van der Waals surface area (Å²) in [5, 5.41) is 0. The Morgan fingerprint density at radius 3 is 2.58 bits per heavy atom. The molecule has 0 amide bonds. The average Bonchev–Trinajstić information content (AvgIpc) is 3.14. The summed E-state index contributed by atoms with van der Waals surface area (Å²) in [7, 11) is -4.10. The highest BCUT2D eigenvalue weighted by atomic mass is 79.9. The van der Waals surface area contributed by atoms with Gasteiger partial charge in [0.25, 0.3) is 0 Å². The second-order valence-electron chi connectivity index (χ2n) is 4.55. The zero-order valence-electron chi connectivity index (χ0n) is 9.87. The molecule has 0 radical (unpaired) electrons. The lowest BCUT2D eigenvalue weighted by atomic mass is 10.2. The summed E-state index contributed by atoms with van der Waals surface area (Å²) in [6.45, 7) is 0.0180. The first-order valence-corrected chi connectivity index (χ1v) is 7.98. The number of hydrogen-bond acceptors (Lipinski definition) is 3. The van der Waals surface area contributed by atoms with Crippen molar-refractivity contribution in [1.29, 1.82) is 0 Å². The lowest BCUT2D eigenvalue weighted by molar-refractivity contribution is 0.529. The fourth-order valence-corrected chi connectivity index (χ4v) is 3.14. The summed E-state index contributed by atoms with van der Waals surface area (Å²) in [4.78, 5) is -0.712. The van der Waals surface area contributed by atoms with Crippen LogP contribution in [0.15, 0.2) is 21.5 Å². The van der Waals surface area contributed by atoms with Crippen molar-refractivity contribution in [3.8, 4) is 0 Å². The first kappa shape index (κ1) is 14.8. The highest BCUT2D eigenvalue weighted by Crippen LogP contribution is 2.31. The molecule has 0 aliphatic heterocycles. The lowest BCUT2D eigenvalue weighted by Gasteiger charge is -2.12. The lowest BCUT2D eigenvalue weighted by Crippen LogP contribution is -2.38. The van der Waals surface area contributed by atoms with E-state index in [0.717, 1.165) is 18.9 Å². The van der Waals surface area contributed by atoms with E-state index in [1.807, 2.05) is 0 Å². The SMILES string of the molecule is NC(CNS(=O)(=O)c1cc(F)c(Br)cc1F)C1CC1. The molecule has 0 saturated heterocycles. The van der Waals surface area contributed by atoms with Crippen LogP contribution in [0, 0.1) is 17.6 Å². The van der Waals surface area contributed by atoms with Crippen LogP contribution in [0.25, 0.3) is 0 Å². The van der Waals surface area contributed by atoms with Gasteiger partial charge in [0.05, 0.1) is 4.47 Å². The minimum atomic E-state index is -4.10. The first-order chi connectivity index (χ1) is 8.81. The quantitative estimate of drug-likeness (QED) is 0.791. The number of sulfonamides is 1. The second-order valence-corrected chi connectivity index (χ2v) is 7.14. The molecule has 4 nitrogen and oxygen atoms in total. The fourth-order valence-electron chi connectivity index (χ4n) is 1.68. The molecule has 1 unspecified atom stereocenters. The summed E-state index contributed by atoms with van der Waals surface area (Å²) >= 11 is 2.79. The zero-order valence-corrected chi connectivity index (χ0v) is 12.3. The molecule has 0 heterocycles. The van der Waals surface area contributed by atoms with Crippen LogP contribution in [0.5, 0.6) is 0 Å². The van der Waals surface area contributed by atoms with Gasteiger partial charge in [-0.3, -0.25) is 0 Å². The Morgan fingerprint density at radius 2 is 2.00 bits per heavy atom. The van der Waals surface area contributed by atoms with Crippen LogP contribution in [0.2, 0.25) is 0 Å². The molecule has 3 N–H and O–H groups in total. The van der Waals surface area contributed by atoms with E-state index < -0.39 is 26.6 Å². The fraction of sp³-hybridized carbons (Fsp3) is 0.455. The van der Waals surface area contributed by atoms with E-state index in [0.29, 0.717) is 12.0 Å². The molecular formula is C11H13BrF2N2O2S. The Kier molecular flexibility index (Phi) is 4.24. The van der Waals surface area contributed by atoms with Gasteiger partial charge in [0.15, 0.2) is 0 Å². The van der Waals surface area contributed by atoms with Gasteiger partial charge in [0.2, 0.25) is 10.0 Å². The molecule has 2 rings (SSSR count). The average molecular weight is 355 g/mol. The van der Waals surface area contributed by atoms with Crippen molar-refractivity contribution in [3.05, 3.63) is 28.2 Å². The molecule has 0 bridgehead atoms. The Balaban J connectivity index is 2.16. The van der Waals surface area contributed by atoms with Crippen molar-refractivity contribution in [3.63, 3.8) is 0 Å². The molecule has 0 spiro atoms. The molecular weight excluding hydrogens is 342 g/mol. The molecule has 1 fully saturated rings. The maximum absolute atomic E-state index is 13.6. The van der Waals surface area contributed by atoms with Crippen LogP contribution < -0.4 is 10.5 Å². The molecule has 1 aromatic carbocycles. The third-order valence-electron chi connectivity index (χ3n) is 3.00. The van der Waals surface area contributed by atoms with Crippen LogP contribution in [-0.4, -0.2) is 21.0 Å². The van der Waals surface area contributed by atoms with E-state index >= 15 is 0 Å². The van der Waals surface area contributed by atoms with Crippen molar-refractivity contribution in [2.45, 2.75) is 23.8 Å². The summed E-state index contributed by atoms with van der Waals surface area (Å²) in [6.07, 6.45) is 1.95. The maximum atomic E-state index is 13.6. The summed E-state index contributed by atoms with van der Waals surface area (Å²) in [5.41, 5.74) is 5.75. The Hall–Kier alpha value is -0.570. The molecule has 1 aliphatic carbocycles. The highest BCUT2D eigenvalue weighted by molar-refractivity contribution is 9.10. The Bertz CT molecular complexity index is 591. The van der Waals surface area contributed by atoms with E-state index in [-0.39, 0.29) is 17.1 Å². The summed E-state index contributed by atoms with van der Waals surface area (Å²) in [5.74, 6) is -1.54. The molecule has 106 valence electrons. The van der Waals surface area contributed by atoms with E-state index in [9.17, 15) is 17.2 Å². The topological polar surface area (TPSA) is 72.2 Å². The van der Waals surface area contributed by atoms with Crippen molar-refractivity contribution >= 4 is 26.0 Å². The van der Waals surface area contributed by atoms with E-state index in [2.05, 4.69) is 20.7 Å². The molecule has 8 heteroatoms. The van der Waals surface area contributed by atoms with Gasteiger partial charge in [-0.1, -0.05) is 0 Å². The van der Waals surface area contributed by atoms with Crippen molar-refractivity contribution < 1.29 is 17.2 Å². The molecule has 19 heavy (non-hydrogen) atoms. The maximum Gasteiger partial charge on any atom is 0.243 e. The van der Waals surface area contributed by atoms with Crippen LogP contribution in [0.4, 0.5) is 8.78 Å². The second kappa shape index (κ2) is 5.43. The van der Waals surface area contributed by atoms with Gasteiger partial charge < -0.3 is 5.73 Å². The number of hydrogen-bond donors (Lipinski definition) is 2. The van der Waals surface area contributed by atoms with Gasteiger partial charge in [-0.2, -0.15) is 0 Å². The number of rotatable bonds is 5. The summed E-state index contributed by atoms with van der Waals surface area (Å²) < 4.78 is 52.7. The van der Waals surface area contributed by atoms with Crippen LogP contribution in [0.1, 0.15) is 12.8 Å². The minimum Gasteiger partial charge on any atom is -0.326 e. The minimum absolute atomic E-state index is 0.0180. The molecule has 1 atom stereocenters. The van der Waals surface area contributed by atoms with Crippen molar-refractivity contribution in [2.75, 3.05) is 6.54 Å². The van der Waals surface area contributed by atoms with Gasteiger partial charge >= 0.3 is 0 Å². The molecule has 1 aliphatic rings. The number of nitrogens with one attached hydrogen (secondary N) is 1. The zero-order chi connectivity index (χ0) is 14.2. The first-order valence-electron chi connectivity index (χ1n) is 5.71. The van der Waals surface area contributed by atoms with E-state index in [1.165, 1.54) is 0 Å². The third kappa shape index (κ3) is 3.50. The van der Waals surface area contributed by atoms with Gasteiger partial charge in [0, 0.05) is 12.6 Å². The highest BCUT2D eigenvalue weighted by Gasteiger charge is 2.30. The number of benzene rings is 1. The van der Waals surface area contributed by atoms with Gasteiger partial charge in [-0.25, -0.2) is 21.9 Å². The van der Waals surface area contributed by atoms with Crippen molar-refractivity contribution in [1.82, 2.24) is 4.72 Å². The van der Waals surface area contributed by atoms with Gasteiger partial charge in [-0.15, -0.1) is 0 Å². The molecule has 1 aromatic rings. The standard InChI is InChI=1S/C11H13BrF2N2O2S/c12-7-3-9(14)11(4-8(7)13)19(17,18)16-5-10(15)6-1-2-6/h3-4,6,10,16H,1-2,5,15H2. The van der Waals surface area contributed by atoms with Crippen LogP contribution in [-0.2, 0) is 10.0 Å². The van der Waals surface area contributed by atoms with Crippen LogP contribution in [0.3, 0.4) is 0 Å². The molecule has 1 saturated carbocycles. The third-order valence-corrected chi connectivity index (χ3v) is 5.05. The van der Waals surface area contributed by atoms with Crippen molar-refractivity contribution in [2.24, 2.45) is 11.7 Å². The smallest absolute Gasteiger partial charge is 0.243 e. The number of halogens is 3. The monoisotopic (exact) mass is 354 g/mol. The van der Waals surface area contributed by atoms with Gasteiger partial charge in [0.1, 0.15) is 16.5 Å². The Morgan fingerprint density at radius 1 is 1.37 bits per heavy atom. The largest absolute Gasteiger partial charge is 0.326 e. The summed E-state index contributed by atoms with van der Waals surface area (Å²) in [6, 6.07) is 1.13. The van der Waals surface area contributed by atoms with E-state index in [1.54, 1.807) is 0 Å². The molecule has 0 aromatic heterocycles. The van der Waals surface area contributed by atoms with Crippen LogP contribution >= 0.6 is 15.9 Å². The predicted molar refractivity (Wildman–Crippen MR) is 69.9 cm³/mol. The predicted octanol–water partition coefficient (Wildman–Crippen LogP) is 1.74. The normalized spacial score (nSPS) is 17.5. The van der Waals surface area contributed by atoms with Gasteiger partial charge in [-0.05, 0) is 46.8 Å². The van der Waals surface area contributed by atoms with E-state index in [4.69, 9.17) is 5.73 Å². The Labute approximate surface area is 118 Å².